The molecular formula is C13H25N3O3. The molecule has 1 saturated heterocycles. The molecule has 0 saturated carbocycles. The number of carboxylic acid groups (broad SMARTS) is 1. The predicted molar refractivity (Wildman–Crippen MR) is 73.1 cm³/mol. The Hall–Kier alpha value is -1.30. The third kappa shape index (κ3) is 4.70. The second-order valence-electron chi connectivity index (χ2n) is 5.19. The van der Waals surface area contributed by atoms with Crippen molar-refractivity contribution in [1.29, 1.82) is 0 Å². The van der Waals surface area contributed by atoms with Crippen molar-refractivity contribution >= 4 is 12.0 Å². The second-order valence-corrected chi connectivity index (χ2v) is 5.19. The topological polar surface area (TPSA) is 72.9 Å². The van der Waals surface area contributed by atoms with Crippen LogP contribution < -0.4 is 5.32 Å². The average molecular weight is 271 g/mol. The van der Waals surface area contributed by atoms with Crippen LogP contribution in [0.5, 0.6) is 0 Å². The van der Waals surface area contributed by atoms with Crippen molar-refractivity contribution in [2.75, 3.05) is 33.2 Å². The number of aliphatic carboxylic acids is 1. The maximum atomic E-state index is 11.8. The minimum atomic E-state index is -0.992. The summed E-state index contributed by atoms with van der Waals surface area (Å²) in [5.41, 5.74) is 0. The van der Waals surface area contributed by atoms with Gasteiger partial charge in [-0.15, -0.1) is 0 Å². The van der Waals surface area contributed by atoms with Gasteiger partial charge in [-0.1, -0.05) is 6.92 Å². The lowest BCUT2D eigenvalue weighted by Crippen LogP contribution is -2.47. The van der Waals surface area contributed by atoms with Crippen LogP contribution in [0.25, 0.3) is 0 Å². The zero-order valence-corrected chi connectivity index (χ0v) is 12.1. The molecule has 0 bridgehead atoms. The first-order valence-electron chi connectivity index (χ1n) is 6.91. The minimum absolute atomic E-state index is 0.312. The number of likely N-dealkylation sites (N-methyl/N-ethyl adjacent to an activating group) is 1. The molecule has 19 heavy (non-hydrogen) atoms. The summed E-state index contributed by atoms with van der Waals surface area (Å²) in [6.45, 7) is 7.54. The number of nitrogens with one attached hydrogen (secondary N) is 1. The van der Waals surface area contributed by atoms with E-state index in [4.69, 9.17) is 5.11 Å². The van der Waals surface area contributed by atoms with Crippen LogP contribution in [0.15, 0.2) is 0 Å². The van der Waals surface area contributed by atoms with Crippen molar-refractivity contribution in [3.63, 3.8) is 0 Å². The lowest BCUT2D eigenvalue weighted by Gasteiger charge is -2.31. The summed E-state index contributed by atoms with van der Waals surface area (Å²) in [6, 6.07) is -1.12. The summed E-state index contributed by atoms with van der Waals surface area (Å²) >= 11 is 0. The summed E-state index contributed by atoms with van der Waals surface area (Å²) in [7, 11) is 1.51. The number of amides is 2. The molecule has 0 spiro atoms. The highest BCUT2D eigenvalue weighted by Crippen LogP contribution is 2.15. The second kappa shape index (κ2) is 7.33. The van der Waals surface area contributed by atoms with Crippen LogP contribution in [0.4, 0.5) is 4.79 Å². The van der Waals surface area contributed by atoms with Gasteiger partial charge >= 0.3 is 12.0 Å². The molecule has 0 radical (unpaired) electrons. The van der Waals surface area contributed by atoms with E-state index in [9.17, 15) is 9.59 Å². The van der Waals surface area contributed by atoms with Crippen molar-refractivity contribution < 1.29 is 14.7 Å². The molecule has 0 aromatic heterocycles. The van der Waals surface area contributed by atoms with Crippen LogP contribution in [0, 0.1) is 5.92 Å². The van der Waals surface area contributed by atoms with E-state index in [0.717, 1.165) is 32.5 Å². The summed E-state index contributed by atoms with van der Waals surface area (Å²) in [5, 5.41) is 11.7. The number of carbonyl (C=O) groups excluding carboxylic acids is 1. The van der Waals surface area contributed by atoms with E-state index < -0.39 is 12.0 Å². The molecule has 1 atom stereocenters. The van der Waals surface area contributed by atoms with E-state index in [0.29, 0.717) is 12.5 Å². The molecule has 1 aliphatic rings. The van der Waals surface area contributed by atoms with Gasteiger partial charge in [0.05, 0.1) is 0 Å². The zero-order chi connectivity index (χ0) is 14.4. The number of nitrogens with zero attached hydrogens (tertiary/aromatic N) is 2. The maximum absolute atomic E-state index is 11.8. The number of hydrogen-bond donors (Lipinski definition) is 2. The van der Waals surface area contributed by atoms with E-state index >= 15 is 0 Å². The number of piperidine rings is 1. The molecule has 1 aliphatic heterocycles. The van der Waals surface area contributed by atoms with Crippen LogP contribution in [-0.4, -0.2) is 66.2 Å². The van der Waals surface area contributed by atoms with Crippen LogP contribution >= 0.6 is 0 Å². The lowest BCUT2D eigenvalue weighted by molar-refractivity contribution is -0.141. The van der Waals surface area contributed by atoms with E-state index in [-0.39, 0.29) is 6.03 Å². The Balaban J connectivity index is 2.29. The predicted octanol–water partition coefficient (Wildman–Crippen LogP) is 0.833. The molecule has 0 aliphatic carbocycles. The molecule has 6 heteroatoms. The molecule has 110 valence electrons. The third-order valence-corrected chi connectivity index (χ3v) is 3.96. The van der Waals surface area contributed by atoms with Gasteiger partial charge in [0.2, 0.25) is 0 Å². The first-order chi connectivity index (χ1) is 8.95. The first-order valence-corrected chi connectivity index (χ1v) is 6.91. The average Bonchev–Trinajstić information content (AvgIpc) is 2.43. The molecule has 0 aromatic rings. The maximum Gasteiger partial charge on any atom is 0.326 e. The Labute approximate surface area is 114 Å². The summed E-state index contributed by atoms with van der Waals surface area (Å²) in [5.74, 6) is -0.491. The Morgan fingerprint density at radius 1 is 1.42 bits per heavy atom. The molecule has 2 N–H and O–H groups in total. The standard InChI is InChI=1S/C13H25N3O3/c1-4-16-7-5-11(6-8-16)9-14-13(19)15(3)10(2)12(17)18/h10-11H,4-9H2,1-3H3,(H,14,19)(H,17,18). The number of likely N-dealkylation sites (tertiary alicyclic amines) is 1. The first kappa shape index (κ1) is 15.8. The lowest BCUT2D eigenvalue weighted by atomic mass is 9.97. The van der Waals surface area contributed by atoms with Gasteiger partial charge in [0.25, 0.3) is 0 Å². The van der Waals surface area contributed by atoms with Crippen LogP contribution in [-0.2, 0) is 4.79 Å². The summed E-state index contributed by atoms with van der Waals surface area (Å²) in [6.07, 6.45) is 2.18. The SMILES string of the molecule is CCN1CCC(CNC(=O)N(C)C(C)C(=O)O)CC1. The van der Waals surface area contributed by atoms with E-state index in [1.807, 2.05) is 0 Å². The van der Waals surface area contributed by atoms with E-state index in [2.05, 4.69) is 17.1 Å². The highest BCUT2D eigenvalue weighted by molar-refractivity contribution is 5.82. The fraction of sp³-hybridized carbons (Fsp3) is 0.846. The molecule has 1 fully saturated rings. The van der Waals surface area contributed by atoms with Gasteiger partial charge in [-0.2, -0.15) is 0 Å². The number of carboxylic acids is 1. The third-order valence-electron chi connectivity index (χ3n) is 3.96. The van der Waals surface area contributed by atoms with Gasteiger partial charge in [0.1, 0.15) is 6.04 Å². The van der Waals surface area contributed by atoms with Gasteiger partial charge in [0.15, 0.2) is 0 Å². The van der Waals surface area contributed by atoms with Crippen molar-refractivity contribution in [2.45, 2.75) is 32.7 Å². The number of carbonyl (C=O) groups is 2. The normalized spacial score (nSPS) is 18.9. The summed E-state index contributed by atoms with van der Waals surface area (Å²) < 4.78 is 0. The van der Waals surface area contributed by atoms with Gasteiger partial charge in [-0.25, -0.2) is 9.59 Å². The van der Waals surface area contributed by atoms with Gasteiger partial charge in [-0.3, -0.25) is 0 Å². The summed E-state index contributed by atoms with van der Waals surface area (Å²) in [4.78, 5) is 26.2. The van der Waals surface area contributed by atoms with Gasteiger partial charge in [0, 0.05) is 13.6 Å². The van der Waals surface area contributed by atoms with E-state index in [1.54, 1.807) is 0 Å². The highest BCUT2D eigenvalue weighted by Gasteiger charge is 2.23. The Bertz CT molecular complexity index is 314. The molecule has 6 nitrogen and oxygen atoms in total. The Kier molecular flexibility index (Phi) is 6.08. The monoisotopic (exact) mass is 271 g/mol. The van der Waals surface area contributed by atoms with Crippen LogP contribution in [0.2, 0.25) is 0 Å². The fourth-order valence-electron chi connectivity index (χ4n) is 2.20. The minimum Gasteiger partial charge on any atom is -0.480 e. The smallest absolute Gasteiger partial charge is 0.326 e. The van der Waals surface area contributed by atoms with Crippen molar-refractivity contribution in [1.82, 2.24) is 15.1 Å². The van der Waals surface area contributed by atoms with Crippen LogP contribution in [0.1, 0.15) is 26.7 Å². The molecule has 1 unspecified atom stereocenters. The quantitative estimate of drug-likeness (QED) is 0.777. The molecule has 1 heterocycles. The number of hydrogen-bond acceptors (Lipinski definition) is 3. The Morgan fingerprint density at radius 2 is 2.00 bits per heavy atom. The molecule has 1 rings (SSSR count). The van der Waals surface area contributed by atoms with Crippen molar-refractivity contribution in [2.24, 2.45) is 5.92 Å². The largest absolute Gasteiger partial charge is 0.480 e. The van der Waals surface area contributed by atoms with Crippen molar-refractivity contribution in [3.8, 4) is 0 Å². The number of urea groups is 1. The molecule has 2 amide bonds. The van der Waals surface area contributed by atoms with Crippen LogP contribution in [0.3, 0.4) is 0 Å². The van der Waals surface area contributed by atoms with Gasteiger partial charge in [-0.05, 0) is 45.3 Å². The van der Waals surface area contributed by atoms with E-state index in [1.165, 1.54) is 18.9 Å². The van der Waals surface area contributed by atoms with Gasteiger partial charge < -0.3 is 20.2 Å². The van der Waals surface area contributed by atoms with Crippen molar-refractivity contribution in [3.05, 3.63) is 0 Å². The Morgan fingerprint density at radius 3 is 2.47 bits per heavy atom. The number of rotatable bonds is 5. The zero-order valence-electron chi connectivity index (χ0n) is 12.1. The molecule has 0 aromatic carbocycles. The fourth-order valence-corrected chi connectivity index (χ4v) is 2.20. The highest BCUT2D eigenvalue weighted by atomic mass is 16.4. The molecular weight excluding hydrogens is 246 g/mol.